The molecule has 0 radical (unpaired) electrons. The molecule has 1 unspecified atom stereocenters. The lowest BCUT2D eigenvalue weighted by Gasteiger charge is -2.23. The summed E-state index contributed by atoms with van der Waals surface area (Å²) in [5.74, 6) is 0.879. The summed E-state index contributed by atoms with van der Waals surface area (Å²) in [7, 11) is 1.67. The van der Waals surface area contributed by atoms with Gasteiger partial charge in [-0.25, -0.2) is 0 Å². The Bertz CT molecular complexity index is 339. The molecule has 2 rings (SSSR count). The quantitative estimate of drug-likeness (QED) is 0.782. The van der Waals surface area contributed by atoms with Crippen molar-refractivity contribution in [2.24, 2.45) is 0 Å². The molecule has 80 valence electrons. The summed E-state index contributed by atoms with van der Waals surface area (Å²) < 4.78 is 5.12. The second-order valence-corrected chi connectivity index (χ2v) is 3.70. The van der Waals surface area contributed by atoms with E-state index in [2.05, 4.69) is 22.3 Å². The van der Waals surface area contributed by atoms with Crippen LogP contribution in [0.5, 0.6) is 5.75 Å². The maximum absolute atomic E-state index is 5.12. The lowest BCUT2D eigenvalue weighted by atomic mass is 10.2. The molecule has 1 atom stereocenters. The maximum Gasteiger partial charge on any atom is 0.119 e. The summed E-state index contributed by atoms with van der Waals surface area (Å²) in [5.41, 5.74) is 1.17. The lowest BCUT2D eigenvalue weighted by Crippen LogP contribution is -2.36. The minimum Gasteiger partial charge on any atom is -0.497 e. The second kappa shape index (κ2) is 4.59. The van der Waals surface area contributed by atoms with Crippen LogP contribution >= 0.6 is 12.2 Å². The zero-order valence-corrected chi connectivity index (χ0v) is 9.46. The van der Waals surface area contributed by atoms with Gasteiger partial charge in [-0.2, -0.15) is 0 Å². The highest BCUT2D eigenvalue weighted by molar-refractivity contribution is 7.79. The van der Waals surface area contributed by atoms with Gasteiger partial charge in [0.25, 0.3) is 0 Å². The van der Waals surface area contributed by atoms with Gasteiger partial charge in [-0.15, -0.1) is 0 Å². The van der Waals surface area contributed by atoms with Crippen molar-refractivity contribution < 1.29 is 4.74 Å². The van der Waals surface area contributed by atoms with E-state index in [4.69, 9.17) is 17.0 Å². The zero-order chi connectivity index (χ0) is 10.7. The molecule has 3 nitrogen and oxygen atoms in total. The molecule has 1 aromatic carbocycles. The number of benzene rings is 1. The van der Waals surface area contributed by atoms with Crippen LogP contribution < -0.4 is 15.0 Å². The van der Waals surface area contributed by atoms with Crippen LogP contribution in [0.4, 0.5) is 5.69 Å². The smallest absolute Gasteiger partial charge is 0.119 e. The fourth-order valence-electron chi connectivity index (χ4n) is 1.77. The van der Waals surface area contributed by atoms with Crippen molar-refractivity contribution in [3.8, 4) is 5.75 Å². The minimum atomic E-state index is 0.174. The number of nitrogens with one attached hydrogen (secondary N) is 1. The monoisotopic (exact) mass is 222 g/mol. The minimum absolute atomic E-state index is 0.174. The van der Waals surface area contributed by atoms with Crippen LogP contribution in [0.2, 0.25) is 0 Å². The number of rotatable bonds is 3. The predicted octanol–water partition coefficient (Wildman–Crippen LogP) is 1.43. The highest BCUT2D eigenvalue weighted by Gasteiger charge is 2.21. The standard InChI is InChI=1S/C11H14N2OS/c1-14-10-4-2-9(3-5-10)13-7-6-12-11(13)8-15/h2-5,8,11-12H,6-7H2,1H3. The summed E-state index contributed by atoms with van der Waals surface area (Å²) >= 11 is 4.98. The molecule has 1 saturated heterocycles. The fraction of sp³-hybridized carbons (Fsp3) is 0.364. The molecule has 0 saturated carbocycles. The summed E-state index contributed by atoms with van der Waals surface area (Å²) in [4.78, 5) is 2.24. The molecule has 1 aliphatic rings. The Morgan fingerprint density at radius 2 is 2.20 bits per heavy atom. The van der Waals surface area contributed by atoms with Crippen molar-refractivity contribution in [3.63, 3.8) is 0 Å². The topological polar surface area (TPSA) is 24.5 Å². The molecule has 1 aliphatic heterocycles. The lowest BCUT2D eigenvalue weighted by molar-refractivity contribution is 0.415. The zero-order valence-electron chi connectivity index (χ0n) is 8.64. The van der Waals surface area contributed by atoms with Crippen molar-refractivity contribution in [1.29, 1.82) is 0 Å². The van der Waals surface area contributed by atoms with E-state index >= 15 is 0 Å². The van der Waals surface area contributed by atoms with Crippen LogP contribution in [0.3, 0.4) is 0 Å². The first kappa shape index (κ1) is 10.4. The molecule has 1 aromatic rings. The van der Waals surface area contributed by atoms with Crippen LogP contribution in [-0.4, -0.2) is 31.7 Å². The number of thiocarbonyl (C=S) groups is 1. The molecular formula is C11H14N2OS. The number of anilines is 1. The van der Waals surface area contributed by atoms with Gasteiger partial charge in [-0.1, -0.05) is 12.2 Å². The third kappa shape index (κ3) is 2.11. The summed E-state index contributed by atoms with van der Waals surface area (Å²) in [6.07, 6.45) is 0.174. The molecule has 0 aliphatic carbocycles. The Balaban J connectivity index is 2.17. The predicted molar refractivity (Wildman–Crippen MR) is 65.8 cm³/mol. The third-order valence-electron chi connectivity index (χ3n) is 2.57. The van der Waals surface area contributed by atoms with Gasteiger partial charge >= 0.3 is 0 Å². The van der Waals surface area contributed by atoms with Crippen LogP contribution in [0.1, 0.15) is 0 Å². The molecular weight excluding hydrogens is 208 g/mol. The van der Waals surface area contributed by atoms with E-state index in [1.54, 1.807) is 12.5 Å². The van der Waals surface area contributed by atoms with Gasteiger partial charge in [0.15, 0.2) is 0 Å². The fourth-order valence-corrected chi connectivity index (χ4v) is 2.01. The number of ether oxygens (including phenoxy) is 1. The van der Waals surface area contributed by atoms with E-state index in [0.717, 1.165) is 18.8 Å². The molecule has 0 bridgehead atoms. The van der Waals surface area contributed by atoms with Crippen molar-refractivity contribution in [2.75, 3.05) is 25.1 Å². The second-order valence-electron chi connectivity index (χ2n) is 3.43. The summed E-state index contributed by atoms with van der Waals surface area (Å²) in [5, 5.41) is 5.08. The van der Waals surface area contributed by atoms with Crippen LogP contribution in [0.15, 0.2) is 24.3 Å². The van der Waals surface area contributed by atoms with Crippen molar-refractivity contribution in [2.45, 2.75) is 6.17 Å². The van der Waals surface area contributed by atoms with E-state index in [9.17, 15) is 0 Å². The normalized spacial score (nSPS) is 20.3. The molecule has 0 spiro atoms. The first-order valence-electron chi connectivity index (χ1n) is 4.94. The molecule has 0 aromatic heterocycles. The third-order valence-corrected chi connectivity index (χ3v) is 2.83. The van der Waals surface area contributed by atoms with E-state index in [-0.39, 0.29) is 6.17 Å². The van der Waals surface area contributed by atoms with Gasteiger partial charge in [-0.3, -0.25) is 5.32 Å². The molecule has 1 N–H and O–H groups in total. The Kier molecular flexibility index (Phi) is 3.18. The largest absolute Gasteiger partial charge is 0.497 e. The van der Waals surface area contributed by atoms with E-state index in [1.807, 2.05) is 12.1 Å². The molecule has 15 heavy (non-hydrogen) atoms. The van der Waals surface area contributed by atoms with Gasteiger partial charge in [-0.05, 0) is 24.3 Å². The van der Waals surface area contributed by atoms with E-state index in [0.29, 0.717) is 0 Å². The molecule has 1 heterocycles. The van der Waals surface area contributed by atoms with Crippen molar-refractivity contribution in [3.05, 3.63) is 24.3 Å². The van der Waals surface area contributed by atoms with Crippen molar-refractivity contribution in [1.82, 2.24) is 5.32 Å². The average molecular weight is 222 g/mol. The van der Waals surface area contributed by atoms with Gasteiger partial charge in [0, 0.05) is 24.1 Å². The number of methoxy groups -OCH3 is 1. The van der Waals surface area contributed by atoms with Gasteiger partial charge in [0.2, 0.25) is 0 Å². The van der Waals surface area contributed by atoms with Crippen LogP contribution in [0, 0.1) is 0 Å². The maximum atomic E-state index is 5.12. The number of hydrogen-bond donors (Lipinski definition) is 1. The highest BCUT2D eigenvalue weighted by atomic mass is 32.1. The Morgan fingerprint density at radius 1 is 1.47 bits per heavy atom. The summed E-state index contributed by atoms with van der Waals surface area (Å²) in [6, 6.07) is 8.04. The highest BCUT2D eigenvalue weighted by Crippen LogP contribution is 2.21. The van der Waals surface area contributed by atoms with Crippen LogP contribution in [0.25, 0.3) is 0 Å². The van der Waals surface area contributed by atoms with Gasteiger partial charge in [0.05, 0.1) is 7.11 Å². The van der Waals surface area contributed by atoms with Crippen molar-refractivity contribution >= 4 is 23.3 Å². The molecule has 4 heteroatoms. The Hall–Kier alpha value is -1.13. The van der Waals surface area contributed by atoms with E-state index in [1.165, 1.54) is 5.69 Å². The Labute approximate surface area is 95.0 Å². The number of nitrogens with zero attached hydrogens (tertiary/aromatic N) is 1. The molecule has 1 fully saturated rings. The van der Waals surface area contributed by atoms with Gasteiger partial charge < -0.3 is 9.64 Å². The van der Waals surface area contributed by atoms with Crippen LogP contribution in [-0.2, 0) is 0 Å². The van der Waals surface area contributed by atoms with E-state index < -0.39 is 0 Å². The van der Waals surface area contributed by atoms with Gasteiger partial charge in [0.1, 0.15) is 11.9 Å². The number of hydrogen-bond acceptors (Lipinski definition) is 4. The SMILES string of the molecule is COc1ccc(N2CCNC2C=S)cc1. The average Bonchev–Trinajstić information content (AvgIpc) is 2.77. The summed E-state index contributed by atoms with van der Waals surface area (Å²) in [6.45, 7) is 1.97. The Morgan fingerprint density at radius 3 is 2.80 bits per heavy atom. The first-order chi connectivity index (χ1) is 7.35. The first-order valence-corrected chi connectivity index (χ1v) is 5.41. The molecule has 0 amide bonds.